The zero-order chi connectivity index (χ0) is 87.6. The summed E-state index contributed by atoms with van der Waals surface area (Å²) >= 11 is 0. The van der Waals surface area contributed by atoms with Crippen LogP contribution in [0.15, 0.2) is 534 Å². The van der Waals surface area contributed by atoms with Crippen LogP contribution in [0.3, 0.4) is 0 Å². The van der Waals surface area contributed by atoms with Crippen LogP contribution in [0.2, 0.25) is 0 Å². The molecule has 0 spiro atoms. The summed E-state index contributed by atoms with van der Waals surface area (Å²) in [5, 5.41) is 14.9. The lowest BCUT2D eigenvalue weighted by Crippen LogP contribution is -1.93. The summed E-state index contributed by atoms with van der Waals surface area (Å²) in [6.07, 6.45) is 0. The lowest BCUT2D eigenvalue weighted by molar-refractivity contribution is 1.55. The van der Waals surface area contributed by atoms with E-state index in [9.17, 15) is 0 Å². The predicted molar refractivity (Wildman–Crippen MR) is 565 cm³/mol. The zero-order valence-electron chi connectivity index (χ0n) is 72.8. The van der Waals surface area contributed by atoms with Gasteiger partial charge in [0.05, 0.1) is 0 Å². The van der Waals surface area contributed by atoms with Crippen LogP contribution < -0.4 is 0 Å². The Kier molecular flexibility index (Phi) is 21.2. The zero-order valence-corrected chi connectivity index (χ0v) is 72.8. The molecule has 0 unspecified atom stereocenters. The van der Waals surface area contributed by atoms with E-state index in [4.69, 9.17) is 0 Å². The van der Waals surface area contributed by atoms with Crippen LogP contribution >= 0.6 is 0 Å². The highest BCUT2D eigenvalue weighted by Gasteiger charge is 2.23. The molecule has 616 valence electrons. The molecule has 0 heterocycles. The first-order valence-corrected chi connectivity index (χ1v) is 45.6. The molecule has 0 aliphatic carbocycles. The molecule has 0 aromatic heterocycles. The second-order valence-corrected chi connectivity index (χ2v) is 34.5. The number of benzene rings is 24. The van der Waals surface area contributed by atoms with Gasteiger partial charge in [-0.1, -0.05) is 449 Å². The fourth-order valence-corrected chi connectivity index (χ4v) is 19.9. The van der Waals surface area contributed by atoms with Crippen molar-refractivity contribution in [2.45, 2.75) is 0 Å². The number of rotatable bonds is 16. The van der Waals surface area contributed by atoms with Crippen molar-refractivity contribution in [2.75, 3.05) is 0 Å². The summed E-state index contributed by atoms with van der Waals surface area (Å²) in [5.41, 5.74) is 38.6. The molecule has 24 aromatic carbocycles. The maximum absolute atomic E-state index is 2.42. The molecule has 0 heteroatoms. The van der Waals surface area contributed by atoms with Gasteiger partial charge in [0.2, 0.25) is 0 Å². The summed E-state index contributed by atoms with van der Waals surface area (Å²) in [7, 11) is 0. The van der Waals surface area contributed by atoms with Crippen molar-refractivity contribution in [1.82, 2.24) is 0 Å². The fourth-order valence-electron chi connectivity index (χ4n) is 19.9. The Morgan fingerprint density at radius 1 is 0.0682 bits per heavy atom. The Labute approximate surface area is 770 Å². The predicted octanol–water partition coefficient (Wildman–Crippen LogP) is 37.0. The Hall–Kier alpha value is -17.2. The highest BCUT2D eigenvalue weighted by molar-refractivity contribution is 6.24. The summed E-state index contributed by atoms with van der Waals surface area (Å²) in [6, 6.07) is 196. The minimum Gasteiger partial charge on any atom is -0.0622 e. The summed E-state index contributed by atoms with van der Waals surface area (Å²) < 4.78 is 0. The van der Waals surface area contributed by atoms with Crippen molar-refractivity contribution >= 4 is 64.6 Å². The van der Waals surface area contributed by atoms with E-state index < -0.39 is 0 Å². The van der Waals surface area contributed by atoms with Gasteiger partial charge in [0.25, 0.3) is 0 Å². The quantitative estimate of drug-likeness (QED) is 0.0846. The first kappa shape index (κ1) is 79.5. The van der Waals surface area contributed by atoms with E-state index >= 15 is 0 Å². The van der Waals surface area contributed by atoms with Gasteiger partial charge in [-0.25, -0.2) is 0 Å². The Bertz CT molecular complexity index is 8050. The van der Waals surface area contributed by atoms with Gasteiger partial charge in [0.1, 0.15) is 0 Å². The molecular formula is C132H88. The molecule has 0 saturated heterocycles. The molecule has 132 heavy (non-hydrogen) atoms. The highest BCUT2D eigenvalue weighted by atomic mass is 14.3. The summed E-state index contributed by atoms with van der Waals surface area (Å²) in [5.74, 6) is 0. The Morgan fingerprint density at radius 3 is 0.455 bits per heavy atom. The van der Waals surface area contributed by atoms with E-state index in [1.54, 1.807) is 0 Å². The minimum atomic E-state index is 1.17. The Morgan fingerprint density at radius 2 is 0.212 bits per heavy atom. The van der Waals surface area contributed by atoms with Crippen molar-refractivity contribution in [2.24, 2.45) is 0 Å². The van der Waals surface area contributed by atoms with Gasteiger partial charge in [0.15, 0.2) is 0 Å². The Balaban J connectivity index is 0.000000150. The molecule has 0 N–H and O–H groups in total. The molecule has 0 fully saturated rings. The second-order valence-electron chi connectivity index (χ2n) is 34.5. The molecule has 0 saturated carbocycles. The van der Waals surface area contributed by atoms with E-state index in [0.717, 1.165) is 0 Å². The monoisotopic (exact) mass is 1670 g/mol. The first-order valence-electron chi connectivity index (χ1n) is 45.6. The molecule has 0 bridgehead atoms. The van der Waals surface area contributed by atoms with Crippen molar-refractivity contribution in [1.29, 1.82) is 0 Å². The molecule has 0 radical (unpaired) electrons. The lowest BCUT2D eigenvalue weighted by Gasteiger charge is -2.19. The maximum atomic E-state index is 2.42. The number of hydrogen-bond acceptors (Lipinski definition) is 0. The molecular weight excluding hydrogens is 1590 g/mol. The normalized spacial score (nSPS) is 11.3. The van der Waals surface area contributed by atoms with Crippen LogP contribution in [0.1, 0.15) is 0 Å². The van der Waals surface area contributed by atoms with Crippen molar-refractivity contribution in [3.05, 3.63) is 534 Å². The summed E-state index contributed by atoms with van der Waals surface area (Å²) in [4.78, 5) is 0. The second kappa shape index (κ2) is 35.2. The van der Waals surface area contributed by atoms with E-state index in [1.807, 2.05) is 0 Å². The minimum absolute atomic E-state index is 1.17. The molecule has 0 aliphatic rings. The largest absolute Gasteiger partial charge is 0.0622 e. The van der Waals surface area contributed by atoms with E-state index in [1.165, 1.54) is 243 Å². The average molecular weight is 1670 g/mol. The van der Waals surface area contributed by atoms with Crippen molar-refractivity contribution in [3.63, 3.8) is 0 Å². The van der Waals surface area contributed by atoms with Gasteiger partial charge in [-0.2, -0.15) is 0 Å². The third-order valence-electron chi connectivity index (χ3n) is 26.4. The number of hydrogen-bond donors (Lipinski definition) is 0. The SMILES string of the molecule is c1ccc(-c2cccc(-c3ccc(-c4cc(-c5ccc(-c6cccc(-c7ccccc7)c6)cc5)cc(-c5c6ccccc6c(-c6ccc7ccccc7c6)c6ccccc56)c4)cc3)c2)cc1.c1ccc(-c2cccc(-c3cccc(-c4cc(-c5cccc(-c6cccc(-c7ccccc7)c6)c5)cc(-c5c6ccccc6c(-c6ccc7ccccc7c6)c6ccccc56)c4)c3)c2)cc1. The number of fused-ring (bicyclic) bond motifs is 6. The van der Waals surface area contributed by atoms with E-state index in [2.05, 4.69) is 534 Å². The van der Waals surface area contributed by atoms with Crippen LogP contribution in [0.5, 0.6) is 0 Å². The van der Waals surface area contributed by atoms with Crippen LogP contribution in [0.25, 0.3) is 243 Å². The fraction of sp³-hybridized carbons (Fsp3) is 0. The van der Waals surface area contributed by atoms with E-state index in [-0.39, 0.29) is 0 Å². The molecule has 0 aliphatic heterocycles. The molecule has 24 rings (SSSR count). The summed E-state index contributed by atoms with van der Waals surface area (Å²) in [6.45, 7) is 0. The van der Waals surface area contributed by atoms with Gasteiger partial charge in [-0.15, -0.1) is 0 Å². The van der Waals surface area contributed by atoms with Crippen molar-refractivity contribution < 1.29 is 0 Å². The standard InChI is InChI=1S/2C66H44/c1-3-17-45(18-4-1)49-23-13-25-51(37-49)53-27-15-29-55(39-53)58-42-59(56-30-16-28-54(40-56)52-26-14-24-50(38-52)46-19-5-2-6-20-46)44-60(43-58)66-63-33-11-9-31-61(63)65(62-32-10-12-34-64(62)66)57-36-35-47-21-7-8-22-48(47)41-57;1-3-15-45(16-4-1)53-21-13-23-55(39-53)48-29-33-50(34-30-48)58-42-59(51-35-31-49(32-36-51)56-24-14-22-54(40-56)46-17-5-2-6-18-46)44-60(43-58)66-63-27-11-9-25-61(63)65(62-26-10-12-28-64(62)66)57-38-37-47-19-7-8-20-52(47)41-57/h2*1-44H. The highest BCUT2D eigenvalue weighted by Crippen LogP contribution is 2.50. The van der Waals surface area contributed by atoms with Gasteiger partial charge in [0, 0.05) is 0 Å². The third kappa shape index (κ3) is 15.8. The molecule has 0 atom stereocenters. The van der Waals surface area contributed by atoms with Gasteiger partial charge < -0.3 is 0 Å². The smallest absolute Gasteiger partial charge is 0.00259 e. The van der Waals surface area contributed by atoms with Crippen LogP contribution in [0.4, 0.5) is 0 Å². The molecule has 0 amide bonds. The van der Waals surface area contributed by atoms with Gasteiger partial charge >= 0.3 is 0 Å². The molecule has 0 nitrogen and oxygen atoms in total. The van der Waals surface area contributed by atoms with Crippen LogP contribution in [0, 0.1) is 0 Å². The van der Waals surface area contributed by atoms with Crippen molar-refractivity contribution in [3.8, 4) is 178 Å². The maximum Gasteiger partial charge on any atom is -0.00259 e. The third-order valence-corrected chi connectivity index (χ3v) is 26.4. The van der Waals surface area contributed by atoms with E-state index in [0.29, 0.717) is 0 Å². The van der Waals surface area contributed by atoms with Gasteiger partial charge in [-0.05, 0) is 328 Å². The lowest BCUT2D eigenvalue weighted by atomic mass is 9.84. The first-order chi connectivity index (χ1) is 65.4. The van der Waals surface area contributed by atoms with Gasteiger partial charge in [-0.3, -0.25) is 0 Å². The van der Waals surface area contributed by atoms with Crippen LogP contribution in [-0.2, 0) is 0 Å². The topological polar surface area (TPSA) is 0 Å². The average Bonchev–Trinajstić information content (AvgIpc) is 0.732. The van der Waals surface area contributed by atoms with Crippen LogP contribution in [-0.4, -0.2) is 0 Å². The molecule has 24 aromatic rings.